The van der Waals surface area contributed by atoms with Crippen LogP contribution in [0.1, 0.15) is 46.5 Å². The molecular weight excluding hydrogens is 220 g/mol. The van der Waals surface area contributed by atoms with Gasteiger partial charge >= 0.3 is 0 Å². The van der Waals surface area contributed by atoms with Gasteiger partial charge < -0.3 is 20.4 Å². The van der Waals surface area contributed by atoms with Crippen LogP contribution in [0.15, 0.2) is 0 Å². The van der Waals surface area contributed by atoms with Crippen LogP contribution in [0.5, 0.6) is 0 Å². The van der Waals surface area contributed by atoms with E-state index in [2.05, 4.69) is 0 Å². The van der Waals surface area contributed by atoms with Gasteiger partial charge in [0.05, 0.1) is 18.8 Å². The van der Waals surface area contributed by atoms with E-state index in [-0.39, 0.29) is 19.1 Å². The Morgan fingerprint density at radius 2 is 1.65 bits per heavy atom. The molecule has 0 amide bonds. The molecule has 0 aliphatic rings. The minimum Gasteiger partial charge on any atom is -0.396 e. The third-order valence-corrected chi connectivity index (χ3v) is 3.84. The van der Waals surface area contributed by atoms with Crippen LogP contribution in [0, 0.1) is 11.3 Å². The summed E-state index contributed by atoms with van der Waals surface area (Å²) in [6.07, 6.45) is 1.29. The number of aliphatic hydroxyl groups is 4. The van der Waals surface area contributed by atoms with E-state index in [0.717, 1.165) is 0 Å². The molecule has 0 spiro atoms. The van der Waals surface area contributed by atoms with Crippen LogP contribution < -0.4 is 0 Å². The van der Waals surface area contributed by atoms with E-state index in [0.29, 0.717) is 25.7 Å². The Labute approximate surface area is 104 Å². The molecule has 0 heterocycles. The van der Waals surface area contributed by atoms with Gasteiger partial charge in [0.1, 0.15) is 0 Å². The van der Waals surface area contributed by atoms with Gasteiger partial charge in [0.2, 0.25) is 0 Å². The Bertz CT molecular complexity index is 192. The zero-order valence-corrected chi connectivity index (χ0v) is 11.3. The maximum atomic E-state index is 10.2. The van der Waals surface area contributed by atoms with E-state index in [1.165, 1.54) is 0 Å². The Hall–Kier alpha value is -0.160. The summed E-state index contributed by atoms with van der Waals surface area (Å²) >= 11 is 0. The molecule has 0 fully saturated rings. The summed E-state index contributed by atoms with van der Waals surface area (Å²) in [6, 6.07) is 0. The van der Waals surface area contributed by atoms with Gasteiger partial charge in [-0.3, -0.25) is 0 Å². The second kappa shape index (κ2) is 8.03. The molecule has 4 heteroatoms. The maximum Gasteiger partial charge on any atom is 0.0641 e. The van der Waals surface area contributed by atoms with Crippen LogP contribution in [0.25, 0.3) is 0 Å². The van der Waals surface area contributed by atoms with Crippen molar-refractivity contribution in [1.82, 2.24) is 0 Å². The lowest BCUT2D eigenvalue weighted by Gasteiger charge is -2.35. The van der Waals surface area contributed by atoms with Crippen LogP contribution in [0.4, 0.5) is 0 Å². The minimum atomic E-state index is -0.571. The third kappa shape index (κ3) is 5.34. The van der Waals surface area contributed by atoms with Crippen LogP contribution in [0.2, 0.25) is 0 Å². The van der Waals surface area contributed by atoms with Gasteiger partial charge in [-0.2, -0.15) is 0 Å². The lowest BCUT2D eigenvalue weighted by molar-refractivity contribution is -0.0434. The van der Waals surface area contributed by atoms with Crippen molar-refractivity contribution in [1.29, 1.82) is 0 Å². The molecule has 0 aromatic rings. The smallest absolute Gasteiger partial charge is 0.0641 e. The first-order valence-corrected chi connectivity index (χ1v) is 6.49. The average molecular weight is 248 g/mol. The second-order valence-corrected chi connectivity index (χ2v) is 5.33. The maximum absolute atomic E-state index is 10.2. The van der Waals surface area contributed by atoms with E-state index in [1.54, 1.807) is 0 Å². The summed E-state index contributed by atoms with van der Waals surface area (Å²) in [5.74, 6) is 0.0282. The first-order valence-electron chi connectivity index (χ1n) is 6.49. The molecule has 0 rings (SSSR count). The predicted molar refractivity (Wildman–Crippen MR) is 67.6 cm³/mol. The van der Waals surface area contributed by atoms with Crippen molar-refractivity contribution in [3.63, 3.8) is 0 Å². The van der Waals surface area contributed by atoms with E-state index in [1.807, 2.05) is 20.8 Å². The highest BCUT2D eigenvalue weighted by molar-refractivity contribution is 4.84. The highest BCUT2D eigenvalue weighted by Crippen LogP contribution is 2.31. The fraction of sp³-hybridized carbons (Fsp3) is 1.00. The Morgan fingerprint density at radius 1 is 1.06 bits per heavy atom. The topological polar surface area (TPSA) is 80.9 Å². The second-order valence-electron chi connectivity index (χ2n) is 5.33. The van der Waals surface area contributed by atoms with Crippen molar-refractivity contribution in [2.75, 3.05) is 13.2 Å². The van der Waals surface area contributed by atoms with Gasteiger partial charge in [-0.25, -0.2) is 0 Å². The molecule has 4 unspecified atom stereocenters. The molecule has 0 bridgehead atoms. The fourth-order valence-electron chi connectivity index (χ4n) is 2.01. The van der Waals surface area contributed by atoms with Crippen molar-refractivity contribution in [3.05, 3.63) is 0 Å². The Balaban J connectivity index is 4.17. The van der Waals surface area contributed by atoms with Crippen LogP contribution in [-0.2, 0) is 0 Å². The quantitative estimate of drug-likeness (QED) is 0.489. The van der Waals surface area contributed by atoms with Crippen molar-refractivity contribution in [2.24, 2.45) is 11.3 Å². The lowest BCUT2D eigenvalue weighted by Crippen LogP contribution is -2.40. The van der Waals surface area contributed by atoms with Gasteiger partial charge in [-0.05, 0) is 31.6 Å². The van der Waals surface area contributed by atoms with E-state index >= 15 is 0 Å². The number of rotatable bonds is 9. The van der Waals surface area contributed by atoms with Crippen molar-refractivity contribution in [2.45, 2.75) is 58.7 Å². The molecule has 0 saturated carbocycles. The standard InChI is InChI=1S/C13H28O4/c1-4-13(3,9-15)12(17)10(2)5-6-11(16)7-8-14/h10-12,14-17H,4-9H2,1-3H3. The zero-order valence-electron chi connectivity index (χ0n) is 11.3. The van der Waals surface area contributed by atoms with Gasteiger partial charge in [0.25, 0.3) is 0 Å². The highest BCUT2D eigenvalue weighted by atomic mass is 16.3. The Morgan fingerprint density at radius 3 is 2.06 bits per heavy atom. The van der Waals surface area contributed by atoms with E-state index in [4.69, 9.17) is 5.11 Å². The summed E-state index contributed by atoms with van der Waals surface area (Å²) in [6.45, 7) is 5.71. The monoisotopic (exact) mass is 248 g/mol. The lowest BCUT2D eigenvalue weighted by atomic mass is 9.75. The van der Waals surface area contributed by atoms with Gasteiger partial charge in [-0.15, -0.1) is 0 Å². The molecule has 0 aromatic carbocycles. The highest BCUT2D eigenvalue weighted by Gasteiger charge is 2.34. The molecule has 4 nitrogen and oxygen atoms in total. The van der Waals surface area contributed by atoms with Crippen molar-refractivity contribution < 1.29 is 20.4 Å². The van der Waals surface area contributed by atoms with Gasteiger partial charge in [0.15, 0.2) is 0 Å². The normalized spacial score (nSPS) is 20.6. The first kappa shape index (κ1) is 16.8. The molecule has 0 aliphatic heterocycles. The van der Waals surface area contributed by atoms with Gasteiger partial charge in [-0.1, -0.05) is 20.8 Å². The minimum absolute atomic E-state index is 0.0125. The molecule has 4 N–H and O–H groups in total. The van der Waals surface area contributed by atoms with Gasteiger partial charge in [0, 0.05) is 12.0 Å². The molecule has 0 radical (unpaired) electrons. The van der Waals surface area contributed by atoms with E-state index in [9.17, 15) is 15.3 Å². The molecule has 104 valence electrons. The third-order valence-electron chi connectivity index (χ3n) is 3.84. The molecule has 4 atom stereocenters. The Kier molecular flexibility index (Phi) is 7.96. The van der Waals surface area contributed by atoms with E-state index < -0.39 is 17.6 Å². The summed E-state index contributed by atoms with van der Waals surface area (Å²) < 4.78 is 0. The molecular formula is C13H28O4. The summed E-state index contributed by atoms with van der Waals surface area (Å²) in [7, 11) is 0. The molecule has 0 aromatic heterocycles. The number of hydrogen-bond acceptors (Lipinski definition) is 4. The van der Waals surface area contributed by atoms with Crippen LogP contribution in [0.3, 0.4) is 0 Å². The van der Waals surface area contributed by atoms with Crippen molar-refractivity contribution in [3.8, 4) is 0 Å². The molecule has 17 heavy (non-hydrogen) atoms. The van der Waals surface area contributed by atoms with Crippen molar-refractivity contribution >= 4 is 0 Å². The number of aliphatic hydroxyl groups excluding tert-OH is 4. The predicted octanol–water partition coefficient (Wildman–Crippen LogP) is 0.915. The SMILES string of the molecule is CCC(C)(CO)C(O)C(C)CCC(O)CCO. The summed E-state index contributed by atoms with van der Waals surface area (Å²) in [5.41, 5.74) is -0.471. The number of hydrogen-bond donors (Lipinski definition) is 4. The van der Waals surface area contributed by atoms with Crippen LogP contribution >= 0.6 is 0 Å². The molecule has 0 aliphatic carbocycles. The first-order chi connectivity index (χ1) is 7.91. The largest absolute Gasteiger partial charge is 0.396 e. The average Bonchev–Trinajstić information content (AvgIpc) is 2.34. The summed E-state index contributed by atoms with van der Waals surface area (Å²) in [5, 5.41) is 37.7. The summed E-state index contributed by atoms with van der Waals surface area (Å²) in [4.78, 5) is 0. The van der Waals surface area contributed by atoms with Crippen LogP contribution in [-0.4, -0.2) is 45.8 Å². The fourth-order valence-corrected chi connectivity index (χ4v) is 2.01. The molecule has 0 saturated heterocycles. The zero-order chi connectivity index (χ0) is 13.5.